The molecular weight excluding hydrogens is 861 g/mol. The number of carbonyl (C=O) groups is 1. The molecule has 0 spiro atoms. The molecule has 7 rings (SSSR count). The van der Waals surface area contributed by atoms with Crippen molar-refractivity contribution in [1.82, 2.24) is 4.98 Å². The van der Waals surface area contributed by atoms with E-state index in [0.717, 1.165) is 53.7 Å². The van der Waals surface area contributed by atoms with E-state index in [0.29, 0.717) is 5.92 Å². The van der Waals surface area contributed by atoms with Crippen LogP contribution in [0.15, 0.2) is 109 Å². The third kappa shape index (κ3) is 8.47. The molecule has 0 unspecified atom stereocenters. The molecule has 3 heterocycles. The average molecular weight is 912 g/mol. The number of fused-ring (bicyclic) bond motifs is 6. The molecule has 0 aliphatic heterocycles. The zero-order chi connectivity index (χ0) is 37.6. The molecule has 0 amide bonds. The summed E-state index contributed by atoms with van der Waals surface area (Å²) in [4.78, 5) is 17.5. The van der Waals surface area contributed by atoms with Crippen LogP contribution in [0, 0.1) is 30.9 Å². The Morgan fingerprint density at radius 3 is 2.20 bits per heavy atom. The molecule has 4 nitrogen and oxygen atoms in total. The van der Waals surface area contributed by atoms with E-state index in [1.807, 2.05) is 40.0 Å². The van der Waals surface area contributed by atoms with Crippen LogP contribution in [0.4, 0.5) is 0 Å². The molecule has 1 N–H and O–H groups in total. The predicted molar refractivity (Wildman–Crippen MR) is 225 cm³/mol. The molecule has 3 aromatic heterocycles. The SMILES string of the molecule is CCC(CC)C(=O)/C=C(\O)C(CC)CC.[CH2-][n+]1c(-c2[c-]c(CC(C)C)cc3c2sc2ncccc23)cc(-c2ccccc2)c2c3ccccc3ccc21.[Ir]. The van der Waals surface area contributed by atoms with Crippen LogP contribution >= 0.6 is 11.3 Å². The molecule has 4 aromatic carbocycles. The molecule has 1 radical (unpaired) electrons. The molecular formula is C48H51IrN2O2S-. The number of thiophene rings is 1. The zero-order valence-electron chi connectivity index (χ0n) is 32.3. The van der Waals surface area contributed by atoms with Crippen LogP contribution < -0.4 is 4.57 Å². The van der Waals surface area contributed by atoms with Crippen LogP contribution in [-0.2, 0) is 31.3 Å². The number of nitrogens with zero attached hydrogens (tertiary/aromatic N) is 2. The fourth-order valence-electron chi connectivity index (χ4n) is 7.45. The van der Waals surface area contributed by atoms with Crippen LogP contribution in [0.3, 0.4) is 0 Å². The Hall–Kier alpha value is -4.35. The van der Waals surface area contributed by atoms with Crippen LogP contribution in [0.2, 0.25) is 0 Å². The number of rotatable bonds is 11. The van der Waals surface area contributed by atoms with Gasteiger partial charge in [0.1, 0.15) is 16.0 Å². The Bertz CT molecular complexity index is 2410. The summed E-state index contributed by atoms with van der Waals surface area (Å²) in [6, 6.07) is 36.4. The van der Waals surface area contributed by atoms with E-state index in [-0.39, 0.29) is 43.5 Å². The summed E-state index contributed by atoms with van der Waals surface area (Å²) in [6.45, 7) is 12.6. The van der Waals surface area contributed by atoms with Gasteiger partial charge in [-0.3, -0.25) is 4.79 Å². The van der Waals surface area contributed by atoms with Crippen molar-refractivity contribution in [2.75, 3.05) is 0 Å². The summed E-state index contributed by atoms with van der Waals surface area (Å²) in [5, 5.41) is 15.9. The summed E-state index contributed by atoms with van der Waals surface area (Å²) in [5.41, 5.74) is 6.91. The minimum absolute atomic E-state index is 0. The number of benzene rings is 4. The number of hydrogen-bond acceptors (Lipinski definition) is 4. The summed E-state index contributed by atoms with van der Waals surface area (Å²) < 4.78 is 3.32. The zero-order valence-corrected chi connectivity index (χ0v) is 35.5. The monoisotopic (exact) mass is 912 g/mol. The third-order valence-corrected chi connectivity index (χ3v) is 11.6. The molecule has 6 heteroatoms. The Kier molecular flexibility index (Phi) is 13.9. The molecule has 0 bridgehead atoms. The molecule has 281 valence electrons. The minimum Gasteiger partial charge on any atom is -0.512 e. The number of ketones is 1. The van der Waals surface area contributed by atoms with Crippen molar-refractivity contribution in [3.05, 3.63) is 128 Å². The first-order valence-corrected chi connectivity index (χ1v) is 19.9. The molecule has 0 saturated carbocycles. The van der Waals surface area contributed by atoms with Crippen LogP contribution in [0.1, 0.15) is 72.8 Å². The van der Waals surface area contributed by atoms with Crippen molar-refractivity contribution >= 4 is 59.1 Å². The van der Waals surface area contributed by atoms with Crippen molar-refractivity contribution in [2.24, 2.45) is 17.8 Å². The molecule has 7 aromatic rings. The van der Waals surface area contributed by atoms with Gasteiger partial charge in [-0.25, -0.2) is 4.98 Å². The Balaban J connectivity index is 0.000000301. The summed E-state index contributed by atoms with van der Waals surface area (Å²) in [7, 11) is 4.60. The van der Waals surface area contributed by atoms with Crippen molar-refractivity contribution in [3.63, 3.8) is 0 Å². The smallest absolute Gasteiger partial charge is 0.162 e. The maximum absolute atomic E-state index is 11.7. The number of pyridine rings is 2. The first-order chi connectivity index (χ1) is 25.7. The number of hydrogen-bond donors (Lipinski definition) is 1. The van der Waals surface area contributed by atoms with E-state index in [4.69, 9.17) is 4.98 Å². The normalized spacial score (nSPS) is 11.8. The van der Waals surface area contributed by atoms with Gasteiger partial charge in [-0.05, 0) is 88.2 Å². The summed E-state index contributed by atoms with van der Waals surface area (Å²) in [5.74, 6) is 1.08. The standard InChI is InChI=1S/C35H27N2S.C13H24O2.Ir/c1-22(2)18-23-19-29-27-14-9-17-36-35(27)38-34(29)30(20-23)32-21-28(24-10-5-4-6-11-24)33-26-13-8-7-12-25(26)15-16-31(33)37(32)3;1-5-10(6-2)12(14)9-13(15)11(7-3)8-4;/h4-17,19,21-22H,3,18H2,1-2H3;9-11,14H,5-8H2,1-4H3;/q-1;;/b;12-9-;. The van der Waals surface area contributed by atoms with Gasteiger partial charge in [0.2, 0.25) is 0 Å². The first-order valence-electron chi connectivity index (χ1n) is 19.1. The van der Waals surface area contributed by atoms with Crippen molar-refractivity contribution < 1.29 is 34.6 Å². The Morgan fingerprint density at radius 1 is 0.852 bits per heavy atom. The largest absolute Gasteiger partial charge is 0.512 e. The quantitative estimate of drug-likeness (QED) is 0.0462. The average Bonchev–Trinajstić information content (AvgIpc) is 3.54. The Morgan fingerprint density at radius 2 is 1.52 bits per heavy atom. The van der Waals surface area contributed by atoms with Crippen molar-refractivity contribution in [2.45, 2.75) is 73.6 Å². The van der Waals surface area contributed by atoms with Gasteiger partial charge in [-0.1, -0.05) is 119 Å². The third-order valence-electron chi connectivity index (χ3n) is 10.4. The predicted octanol–water partition coefficient (Wildman–Crippen LogP) is 12.9. The van der Waals surface area contributed by atoms with Crippen LogP contribution in [-0.4, -0.2) is 15.9 Å². The van der Waals surface area contributed by atoms with Gasteiger partial charge in [0, 0.05) is 56.6 Å². The molecule has 54 heavy (non-hydrogen) atoms. The molecule has 0 aliphatic carbocycles. The van der Waals surface area contributed by atoms with E-state index in [1.54, 1.807) is 11.3 Å². The van der Waals surface area contributed by atoms with E-state index < -0.39 is 0 Å². The Labute approximate surface area is 338 Å². The molecule has 0 fully saturated rings. The van der Waals surface area contributed by atoms with E-state index in [2.05, 4.69) is 116 Å². The first kappa shape index (κ1) is 40.8. The second-order valence-electron chi connectivity index (χ2n) is 14.4. The van der Waals surface area contributed by atoms with E-state index in [9.17, 15) is 9.90 Å². The molecule has 0 saturated heterocycles. The number of aliphatic hydroxyl groups is 1. The second kappa shape index (κ2) is 18.3. The van der Waals surface area contributed by atoms with Gasteiger partial charge in [0.15, 0.2) is 5.78 Å². The topological polar surface area (TPSA) is 54.1 Å². The van der Waals surface area contributed by atoms with Gasteiger partial charge in [-0.15, -0.1) is 17.7 Å². The fourth-order valence-corrected chi connectivity index (χ4v) is 8.59. The number of aliphatic hydroxyl groups excluding tert-OH is 1. The van der Waals surface area contributed by atoms with Crippen LogP contribution in [0.5, 0.6) is 0 Å². The molecule has 0 atom stereocenters. The van der Waals surface area contributed by atoms with Gasteiger partial charge in [0.25, 0.3) is 0 Å². The minimum atomic E-state index is 0. The van der Waals surface area contributed by atoms with Gasteiger partial charge in [-0.2, -0.15) is 11.3 Å². The van der Waals surface area contributed by atoms with E-state index in [1.165, 1.54) is 54.4 Å². The number of carbonyl (C=O) groups excluding carboxylic acids is 1. The van der Waals surface area contributed by atoms with Crippen LogP contribution in [0.25, 0.3) is 64.4 Å². The molecule has 0 aliphatic rings. The van der Waals surface area contributed by atoms with Gasteiger partial charge >= 0.3 is 0 Å². The fraction of sp³-hybridized carbons (Fsp3) is 0.292. The van der Waals surface area contributed by atoms with Gasteiger partial charge in [0.05, 0.1) is 5.76 Å². The second-order valence-corrected chi connectivity index (χ2v) is 15.4. The maximum Gasteiger partial charge on any atom is 0.162 e. The number of allylic oxidation sites excluding steroid dienone is 2. The number of aromatic nitrogens is 2. The maximum atomic E-state index is 11.7. The van der Waals surface area contributed by atoms with E-state index >= 15 is 0 Å². The van der Waals surface area contributed by atoms with Crippen molar-refractivity contribution in [1.29, 1.82) is 0 Å². The van der Waals surface area contributed by atoms with Gasteiger partial charge < -0.3 is 9.67 Å². The summed E-state index contributed by atoms with van der Waals surface area (Å²) >= 11 is 1.75. The summed E-state index contributed by atoms with van der Waals surface area (Å²) in [6.07, 6.45) is 7.76. The van der Waals surface area contributed by atoms with Crippen molar-refractivity contribution in [3.8, 4) is 22.4 Å².